The first-order valence-corrected chi connectivity index (χ1v) is 7.94. The number of piperazine rings is 1. The molecule has 5 heteroatoms. The van der Waals surface area contributed by atoms with Crippen molar-refractivity contribution in [1.29, 1.82) is 0 Å². The highest BCUT2D eigenvalue weighted by Crippen LogP contribution is 2.18. The number of nitrogens with one attached hydrogen (secondary N) is 1. The van der Waals surface area contributed by atoms with E-state index in [0.29, 0.717) is 12.6 Å². The molecule has 0 radical (unpaired) electrons. The fourth-order valence-corrected chi connectivity index (χ4v) is 3.18. The van der Waals surface area contributed by atoms with Crippen LogP contribution in [-0.2, 0) is 11.3 Å². The van der Waals surface area contributed by atoms with Gasteiger partial charge in [-0.3, -0.25) is 14.6 Å². The zero-order chi connectivity index (χ0) is 13.1. The molecule has 1 aliphatic heterocycles. The molecule has 1 aromatic heterocycles. The third kappa shape index (κ3) is 4.03. The van der Waals surface area contributed by atoms with E-state index < -0.39 is 0 Å². The molecule has 2 fully saturated rings. The predicted molar refractivity (Wildman–Crippen MR) is 77.2 cm³/mol. The summed E-state index contributed by atoms with van der Waals surface area (Å²) in [4.78, 5) is 17.9. The van der Waals surface area contributed by atoms with Crippen LogP contribution in [0.5, 0.6) is 0 Å². The maximum absolute atomic E-state index is 11.7. The van der Waals surface area contributed by atoms with Crippen LogP contribution in [0.3, 0.4) is 0 Å². The summed E-state index contributed by atoms with van der Waals surface area (Å²) in [5.41, 5.74) is 0. The second kappa shape index (κ2) is 6.03. The van der Waals surface area contributed by atoms with E-state index in [2.05, 4.69) is 32.6 Å². The number of carbonyl (C=O) groups is 1. The lowest BCUT2D eigenvalue weighted by molar-refractivity contribution is -0.122. The highest BCUT2D eigenvalue weighted by Gasteiger charge is 2.25. The average Bonchev–Trinajstić information content (AvgIpc) is 3.05. The quantitative estimate of drug-likeness (QED) is 0.878. The van der Waals surface area contributed by atoms with E-state index >= 15 is 0 Å². The molecule has 0 spiro atoms. The molecule has 1 N–H and O–H groups in total. The molecule has 104 valence electrons. The van der Waals surface area contributed by atoms with Gasteiger partial charge in [0.1, 0.15) is 0 Å². The molecule has 19 heavy (non-hydrogen) atoms. The number of nitrogens with zero attached hydrogens (tertiary/aromatic N) is 2. The van der Waals surface area contributed by atoms with Gasteiger partial charge in [0.2, 0.25) is 5.91 Å². The number of hydrogen-bond donors (Lipinski definition) is 1. The third-order valence-electron chi connectivity index (χ3n) is 3.73. The van der Waals surface area contributed by atoms with Gasteiger partial charge in [-0.15, -0.1) is 11.3 Å². The summed E-state index contributed by atoms with van der Waals surface area (Å²) in [6.07, 6.45) is 2.33. The van der Waals surface area contributed by atoms with Crippen LogP contribution in [0, 0.1) is 0 Å². The van der Waals surface area contributed by atoms with Crippen molar-refractivity contribution in [3.05, 3.63) is 22.4 Å². The minimum atomic E-state index is 0.203. The molecule has 1 aliphatic carbocycles. The molecule has 4 nitrogen and oxygen atoms in total. The summed E-state index contributed by atoms with van der Waals surface area (Å²) in [7, 11) is 0. The minimum Gasteiger partial charge on any atom is -0.352 e. The summed E-state index contributed by atoms with van der Waals surface area (Å²) in [6, 6.07) is 4.78. The largest absolute Gasteiger partial charge is 0.352 e. The molecule has 2 aliphatic rings. The van der Waals surface area contributed by atoms with E-state index in [1.165, 1.54) is 17.7 Å². The molecule has 1 saturated carbocycles. The van der Waals surface area contributed by atoms with Gasteiger partial charge in [-0.2, -0.15) is 0 Å². The van der Waals surface area contributed by atoms with Gasteiger partial charge in [-0.25, -0.2) is 0 Å². The van der Waals surface area contributed by atoms with Crippen molar-refractivity contribution >= 4 is 17.2 Å². The molecule has 1 amide bonds. The number of carbonyl (C=O) groups excluding carboxylic acids is 1. The van der Waals surface area contributed by atoms with Crippen LogP contribution in [0.4, 0.5) is 0 Å². The topological polar surface area (TPSA) is 35.6 Å². The highest BCUT2D eigenvalue weighted by molar-refractivity contribution is 7.09. The molecule has 3 rings (SSSR count). The van der Waals surface area contributed by atoms with Crippen molar-refractivity contribution in [2.45, 2.75) is 25.4 Å². The second-order valence-corrected chi connectivity index (χ2v) is 6.51. The number of thiophene rings is 1. The molecular weight excluding hydrogens is 258 g/mol. The summed E-state index contributed by atoms with van der Waals surface area (Å²) in [5, 5.41) is 5.19. The Kier molecular flexibility index (Phi) is 4.15. The summed E-state index contributed by atoms with van der Waals surface area (Å²) >= 11 is 1.82. The normalized spacial score (nSPS) is 21.5. The molecule has 1 aromatic rings. The maximum atomic E-state index is 11.7. The molecule has 2 heterocycles. The Morgan fingerprint density at radius 2 is 2.00 bits per heavy atom. The standard InChI is InChI=1S/C14H21N3OS/c18-14(15-12-3-4-12)11-17-7-5-16(6-8-17)10-13-2-1-9-19-13/h1-2,9,12H,3-8,10-11H2,(H,15,18). The van der Waals surface area contributed by atoms with Gasteiger partial charge in [0.25, 0.3) is 0 Å². The van der Waals surface area contributed by atoms with E-state index in [1.807, 2.05) is 11.3 Å². The van der Waals surface area contributed by atoms with Gasteiger partial charge in [0.15, 0.2) is 0 Å². The van der Waals surface area contributed by atoms with Gasteiger partial charge in [0.05, 0.1) is 6.54 Å². The molecule has 0 aromatic carbocycles. The van der Waals surface area contributed by atoms with Crippen molar-refractivity contribution in [3.8, 4) is 0 Å². The van der Waals surface area contributed by atoms with Crippen LogP contribution in [0.2, 0.25) is 0 Å². The molecular formula is C14H21N3OS. The fourth-order valence-electron chi connectivity index (χ4n) is 2.43. The van der Waals surface area contributed by atoms with E-state index in [1.54, 1.807) is 0 Å². The Hall–Kier alpha value is -0.910. The molecule has 1 saturated heterocycles. The van der Waals surface area contributed by atoms with Crippen molar-refractivity contribution in [2.75, 3.05) is 32.7 Å². The average molecular weight is 279 g/mol. The van der Waals surface area contributed by atoms with Crippen LogP contribution < -0.4 is 5.32 Å². The number of rotatable bonds is 5. The lowest BCUT2D eigenvalue weighted by atomic mass is 10.3. The van der Waals surface area contributed by atoms with Gasteiger partial charge in [-0.05, 0) is 24.3 Å². The van der Waals surface area contributed by atoms with E-state index in [9.17, 15) is 4.79 Å². The van der Waals surface area contributed by atoms with E-state index in [-0.39, 0.29) is 5.91 Å². The number of amides is 1. The summed E-state index contributed by atoms with van der Waals surface area (Å²) < 4.78 is 0. The Morgan fingerprint density at radius 1 is 1.26 bits per heavy atom. The smallest absolute Gasteiger partial charge is 0.234 e. The van der Waals surface area contributed by atoms with E-state index in [0.717, 1.165) is 32.7 Å². The Bertz CT molecular complexity index is 408. The van der Waals surface area contributed by atoms with Crippen molar-refractivity contribution in [3.63, 3.8) is 0 Å². The molecule has 0 atom stereocenters. The van der Waals surface area contributed by atoms with Gasteiger partial charge < -0.3 is 5.32 Å². The van der Waals surface area contributed by atoms with Crippen molar-refractivity contribution < 1.29 is 4.79 Å². The summed E-state index contributed by atoms with van der Waals surface area (Å²) in [6.45, 7) is 5.76. The first-order valence-electron chi connectivity index (χ1n) is 7.06. The molecule has 0 bridgehead atoms. The second-order valence-electron chi connectivity index (χ2n) is 5.47. The van der Waals surface area contributed by atoms with Crippen LogP contribution in [-0.4, -0.2) is 54.5 Å². The lowest BCUT2D eigenvalue weighted by Gasteiger charge is -2.34. The zero-order valence-electron chi connectivity index (χ0n) is 11.2. The van der Waals surface area contributed by atoms with Gasteiger partial charge in [-0.1, -0.05) is 6.07 Å². The van der Waals surface area contributed by atoms with Crippen LogP contribution in [0.1, 0.15) is 17.7 Å². The Morgan fingerprint density at radius 3 is 2.63 bits per heavy atom. The van der Waals surface area contributed by atoms with Crippen LogP contribution >= 0.6 is 11.3 Å². The van der Waals surface area contributed by atoms with Crippen molar-refractivity contribution in [1.82, 2.24) is 15.1 Å². The van der Waals surface area contributed by atoms with Gasteiger partial charge in [0, 0.05) is 43.6 Å². The Balaban J connectivity index is 1.37. The first kappa shape index (κ1) is 13.1. The fraction of sp³-hybridized carbons (Fsp3) is 0.643. The maximum Gasteiger partial charge on any atom is 0.234 e. The van der Waals surface area contributed by atoms with E-state index in [4.69, 9.17) is 0 Å². The van der Waals surface area contributed by atoms with Gasteiger partial charge >= 0.3 is 0 Å². The monoisotopic (exact) mass is 279 g/mol. The third-order valence-corrected chi connectivity index (χ3v) is 4.60. The SMILES string of the molecule is O=C(CN1CCN(Cc2cccs2)CC1)NC1CC1. The zero-order valence-corrected chi connectivity index (χ0v) is 12.0. The Labute approximate surface area is 118 Å². The predicted octanol–water partition coefficient (Wildman–Crippen LogP) is 1.14. The summed E-state index contributed by atoms with van der Waals surface area (Å²) in [5.74, 6) is 0.203. The first-order chi connectivity index (χ1) is 9.29. The van der Waals surface area contributed by atoms with Crippen LogP contribution in [0.25, 0.3) is 0 Å². The highest BCUT2D eigenvalue weighted by atomic mass is 32.1. The minimum absolute atomic E-state index is 0.203. The van der Waals surface area contributed by atoms with Crippen molar-refractivity contribution in [2.24, 2.45) is 0 Å². The van der Waals surface area contributed by atoms with Crippen LogP contribution in [0.15, 0.2) is 17.5 Å². The lowest BCUT2D eigenvalue weighted by Crippen LogP contribution is -2.49. The molecule has 0 unspecified atom stereocenters. The number of hydrogen-bond acceptors (Lipinski definition) is 4.